The van der Waals surface area contributed by atoms with Crippen LogP contribution in [-0.4, -0.2) is 25.8 Å². The van der Waals surface area contributed by atoms with Gasteiger partial charge in [-0.1, -0.05) is 18.2 Å². The Morgan fingerprint density at radius 3 is 2.83 bits per heavy atom. The van der Waals surface area contributed by atoms with Crippen LogP contribution in [-0.2, 0) is 5.75 Å². The van der Waals surface area contributed by atoms with E-state index in [0.717, 1.165) is 16.2 Å². The summed E-state index contributed by atoms with van der Waals surface area (Å²) in [5.41, 5.74) is 2.87. The summed E-state index contributed by atoms with van der Waals surface area (Å²) in [6.07, 6.45) is 1.53. The Bertz CT molecular complexity index is 970. The van der Waals surface area contributed by atoms with Crippen LogP contribution < -0.4 is 5.56 Å². The molecule has 1 aromatic carbocycles. The van der Waals surface area contributed by atoms with Crippen LogP contribution in [0.4, 0.5) is 0 Å². The van der Waals surface area contributed by atoms with Gasteiger partial charge in [-0.2, -0.15) is 5.10 Å². The topological polar surface area (TPSA) is 88.0 Å². The second-order valence-electron chi connectivity index (χ2n) is 5.09. The number of carboxylic acid groups (broad SMARTS) is 1. The molecule has 4 rings (SSSR count). The van der Waals surface area contributed by atoms with Crippen molar-refractivity contribution >= 4 is 17.7 Å². The lowest BCUT2D eigenvalue weighted by Gasteiger charge is -2.17. The minimum absolute atomic E-state index is 0.0493. The molecule has 0 amide bonds. The second kappa shape index (κ2) is 5.13. The largest absolute Gasteiger partial charge is 0.476 e. The molecule has 2 aromatic heterocycles. The summed E-state index contributed by atoms with van der Waals surface area (Å²) in [6, 6.07) is 10.9. The van der Waals surface area contributed by atoms with E-state index >= 15 is 0 Å². The Morgan fingerprint density at radius 2 is 2.09 bits per heavy atom. The number of aromatic amines is 1. The second-order valence-corrected chi connectivity index (χ2v) is 6.11. The van der Waals surface area contributed by atoms with E-state index in [1.807, 2.05) is 24.3 Å². The molecule has 0 spiro atoms. The molecule has 3 heterocycles. The third kappa shape index (κ3) is 2.17. The maximum atomic E-state index is 11.5. The van der Waals surface area contributed by atoms with Gasteiger partial charge in [0.15, 0.2) is 5.69 Å². The van der Waals surface area contributed by atoms with E-state index in [4.69, 9.17) is 0 Å². The number of thioether (sulfide) groups is 1. The number of nitrogens with zero attached hydrogens (tertiary/aromatic N) is 2. The Labute approximate surface area is 134 Å². The van der Waals surface area contributed by atoms with Gasteiger partial charge in [0.2, 0.25) is 5.56 Å². The van der Waals surface area contributed by atoms with E-state index in [1.165, 1.54) is 12.3 Å². The number of rotatable bonds is 2. The van der Waals surface area contributed by atoms with Crippen molar-refractivity contribution < 1.29 is 9.90 Å². The van der Waals surface area contributed by atoms with Gasteiger partial charge < -0.3 is 10.1 Å². The zero-order valence-corrected chi connectivity index (χ0v) is 12.6. The highest BCUT2D eigenvalue weighted by atomic mass is 32.2. The summed E-state index contributed by atoms with van der Waals surface area (Å²) in [5.74, 6) is -0.499. The summed E-state index contributed by atoms with van der Waals surface area (Å²) < 4.78 is 1.59. The van der Waals surface area contributed by atoms with Crippen LogP contribution in [0.25, 0.3) is 16.9 Å². The smallest absolute Gasteiger partial charge is 0.356 e. The number of carboxylic acids is 1. The van der Waals surface area contributed by atoms with Crippen LogP contribution in [0.5, 0.6) is 0 Å². The lowest BCUT2D eigenvalue weighted by Crippen LogP contribution is -2.07. The highest BCUT2D eigenvalue weighted by Crippen LogP contribution is 2.43. The Morgan fingerprint density at radius 1 is 1.26 bits per heavy atom. The van der Waals surface area contributed by atoms with Crippen LogP contribution in [0, 0.1) is 0 Å². The molecule has 7 heteroatoms. The number of nitrogens with one attached hydrogen (secondary N) is 1. The van der Waals surface area contributed by atoms with Crippen molar-refractivity contribution in [2.75, 3.05) is 0 Å². The molecule has 114 valence electrons. The number of H-pyrrole nitrogens is 1. The first-order valence-electron chi connectivity index (χ1n) is 6.91. The number of benzene rings is 1. The van der Waals surface area contributed by atoms with Gasteiger partial charge in [0, 0.05) is 34.0 Å². The number of hydrogen-bond donors (Lipinski definition) is 2. The van der Waals surface area contributed by atoms with Gasteiger partial charge in [-0.25, -0.2) is 9.48 Å². The Balaban J connectivity index is 2.03. The number of aromatic nitrogens is 3. The third-order valence-corrected chi connectivity index (χ3v) is 4.81. The average Bonchev–Trinajstić information content (AvgIpc) is 2.96. The van der Waals surface area contributed by atoms with Crippen LogP contribution in [0.3, 0.4) is 0 Å². The number of carbonyl (C=O) groups is 1. The van der Waals surface area contributed by atoms with Gasteiger partial charge in [0.25, 0.3) is 0 Å². The number of pyridine rings is 1. The average molecular weight is 325 g/mol. The molecule has 0 saturated heterocycles. The predicted octanol–water partition coefficient (Wildman–Crippen LogP) is 2.53. The van der Waals surface area contributed by atoms with Gasteiger partial charge >= 0.3 is 5.97 Å². The fraction of sp³-hybridized carbons (Fsp3) is 0.0625. The van der Waals surface area contributed by atoms with Crippen molar-refractivity contribution in [3.8, 4) is 16.9 Å². The molecular weight excluding hydrogens is 314 g/mol. The molecule has 23 heavy (non-hydrogen) atoms. The van der Waals surface area contributed by atoms with Gasteiger partial charge in [-0.3, -0.25) is 4.79 Å². The highest BCUT2D eigenvalue weighted by molar-refractivity contribution is 7.98. The Hall–Kier alpha value is -2.80. The summed E-state index contributed by atoms with van der Waals surface area (Å²) in [7, 11) is 0. The molecule has 0 bridgehead atoms. The molecule has 0 aliphatic carbocycles. The summed E-state index contributed by atoms with van der Waals surface area (Å²) in [5, 5.41) is 13.7. The normalized spacial score (nSPS) is 12.5. The van der Waals surface area contributed by atoms with Gasteiger partial charge in [-0.05, 0) is 12.1 Å². The minimum Gasteiger partial charge on any atom is -0.476 e. The maximum absolute atomic E-state index is 11.5. The molecule has 1 aliphatic heterocycles. The van der Waals surface area contributed by atoms with Gasteiger partial charge in [0.1, 0.15) is 0 Å². The zero-order chi connectivity index (χ0) is 16.0. The summed E-state index contributed by atoms with van der Waals surface area (Å²) in [4.78, 5) is 26.5. The highest BCUT2D eigenvalue weighted by Gasteiger charge is 2.28. The van der Waals surface area contributed by atoms with Crippen molar-refractivity contribution in [1.82, 2.24) is 14.8 Å². The molecule has 0 fully saturated rings. The number of aromatic carboxylic acids is 1. The van der Waals surface area contributed by atoms with Gasteiger partial charge in [-0.15, -0.1) is 11.8 Å². The van der Waals surface area contributed by atoms with Crippen LogP contribution >= 0.6 is 11.8 Å². The predicted molar refractivity (Wildman–Crippen MR) is 86.1 cm³/mol. The fourth-order valence-corrected chi connectivity index (χ4v) is 3.76. The molecule has 0 saturated carbocycles. The number of fused-ring (bicyclic) bond motifs is 3. The number of hydrogen-bond acceptors (Lipinski definition) is 4. The lowest BCUT2D eigenvalue weighted by molar-refractivity contribution is 0.0689. The van der Waals surface area contributed by atoms with Crippen molar-refractivity contribution in [1.29, 1.82) is 0 Å². The molecule has 1 aliphatic rings. The van der Waals surface area contributed by atoms with Gasteiger partial charge in [0.05, 0.1) is 11.4 Å². The van der Waals surface area contributed by atoms with Crippen molar-refractivity contribution in [3.05, 3.63) is 64.2 Å². The third-order valence-electron chi connectivity index (χ3n) is 3.71. The van der Waals surface area contributed by atoms with E-state index in [-0.39, 0.29) is 11.3 Å². The first-order chi connectivity index (χ1) is 11.1. The zero-order valence-electron chi connectivity index (χ0n) is 11.8. The minimum atomic E-state index is -1.05. The van der Waals surface area contributed by atoms with Crippen LogP contribution in [0.15, 0.2) is 52.3 Å². The van der Waals surface area contributed by atoms with Crippen molar-refractivity contribution in [2.24, 2.45) is 0 Å². The summed E-state index contributed by atoms with van der Waals surface area (Å²) in [6.45, 7) is 0. The monoisotopic (exact) mass is 325 g/mol. The molecule has 0 atom stereocenters. The molecule has 0 unspecified atom stereocenters. The van der Waals surface area contributed by atoms with Crippen molar-refractivity contribution in [3.63, 3.8) is 0 Å². The Kier molecular flexibility index (Phi) is 3.09. The molecule has 3 aromatic rings. The molecule has 2 N–H and O–H groups in total. The molecular formula is C16H11N3O3S. The molecule has 6 nitrogen and oxygen atoms in total. The van der Waals surface area contributed by atoms with E-state index < -0.39 is 5.97 Å². The SMILES string of the molecule is O=C(O)c1nn(-c2ccc(=O)[nH]c2)c2c1CSc1ccccc1-2. The van der Waals surface area contributed by atoms with E-state index in [9.17, 15) is 14.7 Å². The quantitative estimate of drug-likeness (QED) is 0.756. The van der Waals surface area contributed by atoms with E-state index in [0.29, 0.717) is 17.0 Å². The fourth-order valence-electron chi connectivity index (χ4n) is 2.69. The van der Waals surface area contributed by atoms with Crippen LogP contribution in [0.1, 0.15) is 16.1 Å². The van der Waals surface area contributed by atoms with E-state index in [2.05, 4.69) is 10.1 Å². The first-order valence-corrected chi connectivity index (χ1v) is 7.90. The lowest BCUT2D eigenvalue weighted by atomic mass is 10.1. The van der Waals surface area contributed by atoms with E-state index in [1.54, 1.807) is 22.5 Å². The van der Waals surface area contributed by atoms with Crippen molar-refractivity contribution in [2.45, 2.75) is 10.6 Å². The first kappa shape index (κ1) is 13.8. The summed E-state index contributed by atoms with van der Waals surface area (Å²) >= 11 is 1.60. The standard InChI is InChI=1S/C16H11N3O3S/c20-13-6-5-9(7-17-13)19-15-10-3-1-2-4-12(10)23-8-11(15)14(18-19)16(21)22/h1-7H,8H2,(H,17,20)(H,21,22). The maximum Gasteiger partial charge on any atom is 0.356 e. The molecule has 0 radical (unpaired) electrons. The van der Waals surface area contributed by atoms with Crippen LogP contribution in [0.2, 0.25) is 0 Å².